The van der Waals surface area contributed by atoms with E-state index in [2.05, 4.69) is 25.7 Å². The van der Waals surface area contributed by atoms with Gasteiger partial charge < -0.3 is 10.0 Å². The van der Waals surface area contributed by atoms with Crippen molar-refractivity contribution in [1.82, 2.24) is 9.80 Å². The first-order chi connectivity index (χ1) is 10.9. The molecule has 23 heavy (non-hydrogen) atoms. The Hall–Kier alpha value is -1.46. The average Bonchev–Trinajstić information content (AvgIpc) is 2.95. The van der Waals surface area contributed by atoms with E-state index >= 15 is 0 Å². The molecule has 1 aromatic rings. The third-order valence-electron chi connectivity index (χ3n) is 4.60. The van der Waals surface area contributed by atoms with Crippen molar-refractivity contribution in [3.8, 4) is 0 Å². The molecule has 1 unspecified atom stereocenters. The summed E-state index contributed by atoms with van der Waals surface area (Å²) in [6, 6.07) is 8.01. The van der Waals surface area contributed by atoms with E-state index in [1.165, 1.54) is 4.90 Å². The quantitative estimate of drug-likeness (QED) is 0.875. The Labute approximate surface area is 137 Å². The SMILES string of the molecule is CCN(Cc1ccc(C(=O)N2CCC(F)(CO)C2)cc1)C(C)C. The summed E-state index contributed by atoms with van der Waals surface area (Å²) in [6.07, 6.45) is 0.202. The predicted molar refractivity (Wildman–Crippen MR) is 89.1 cm³/mol. The van der Waals surface area contributed by atoms with Gasteiger partial charge in [-0.05, 0) is 38.1 Å². The van der Waals surface area contributed by atoms with Gasteiger partial charge in [0.2, 0.25) is 0 Å². The summed E-state index contributed by atoms with van der Waals surface area (Å²) in [7, 11) is 0. The number of halogens is 1. The smallest absolute Gasteiger partial charge is 0.253 e. The molecule has 1 aromatic carbocycles. The second-order valence-corrected chi connectivity index (χ2v) is 6.64. The molecule has 1 N–H and O–H groups in total. The lowest BCUT2D eigenvalue weighted by Gasteiger charge is -2.25. The molecule has 2 rings (SSSR count). The molecule has 0 saturated carbocycles. The number of rotatable bonds is 6. The molecule has 0 spiro atoms. The van der Waals surface area contributed by atoms with Gasteiger partial charge in [0, 0.05) is 31.1 Å². The Bertz CT molecular complexity index is 532. The first-order valence-corrected chi connectivity index (χ1v) is 8.30. The van der Waals surface area contributed by atoms with Gasteiger partial charge >= 0.3 is 0 Å². The second kappa shape index (κ2) is 7.41. The van der Waals surface area contributed by atoms with Gasteiger partial charge in [-0.25, -0.2) is 4.39 Å². The lowest BCUT2D eigenvalue weighted by atomic mass is 10.1. The maximum absolute atomic E-state index is 14.0. The molecule has 5 heteroatoms. The number of likely N-dealkylation sites (tertiary alicyclic amines) is 1. The van der Waals surface area contributed by atoms with Crippen molar-refractivity contribution < 1.29 is 14.3 Å². The van der Waals surface area contributed by atoms with E-state index in [1.54, 1.807) is 0 Å². The van der Waals surface area contributed by atoms with Gasteiger partial charge in [0.05, 0.1) is 13.2 Å². The third kappa shape index (κ3) is 4.30. The van der Waals surface area contributed by atoms with Crippen molar-refractivity contribution >= 4 is 5.91 Å². The standard InChI is InChI=1S/C18H27FN2O2/c1-4-20(14(2)3)11-15-5-7-16(8-6-15)17(23)21-10-9-18(19,12-21)13-22/h5-8,14,22H,4,9-13H2,1-3H3. The Morgan fingerprint density at radius 3 is 2.52 bits per heavy atom. The Kier molecular flexibility index (Phi) is 5.76. The van der Waals surface area contributed by atoms with E-state index in [0.717, 1.165) is 18.7 Å². The first kappa shape index (κ1) is 17.9. The molecule has 0 bridgehead atoms. The summed E-state index contributed by atoms with van der Waals surface area (Å²) in [5, 5.41) is 9.07. The van der Waals surface area contributed by atoms with Crippen molar-refractivity contribution in [2.24, 2.45) is 0 Å². The van der Waals surface area contributed by atoms with Gasteiger partial charge in [-0.1, -0.05) is 19.1 Å². The molecule has 1 amide bonds. The van der Waals surface area contributed by atoms with E-state index in [9.17, 15) is 9.18 Å². The number of benzene rings is 1. The van der Waals surface area contributed by atoms with Crippen LogP contribution in [0.25, 0.3) is 0 Å². The van der Waals surface area contributed by atoms with Crippen LogP contribution in [0, 0.1) is 0 Å². The molecule has 0 aliphatic carbocycles. The summed E-state index contributed by atoms with van der Waals surface area (Å²) < 4.78 is 14.0. The number of carbonyl (C=O) groups is 1. The van der Waals surface area contributed by atoms with E-state index in [1.807, 2.05) is 24.3 Å². The number of aliphatic hydroxyl groups is 1. The fraction of sp³-hybridized carbons (Fsp3) is 0.611. The maximum atomic E-state index is 14.0. The Morgan fingerprint density at radius 2 is 2.04 bits per heavy atom. The number of hydrogen-bond donors (Lipinski definition) is 1. The highest BCUT2D eigenvalue weighted by Gasteiger charge is 2.39. The molecule has 1 aliphatic rings. The second-order valence-electron chi connectivity index (χ2n) is 6.64. The van der Waals surface area contributed by atoms with Crippen molar-refractivity contribution in [3.63, 3.8) is 0 Å². The van der Waals surface area contributed by atoms with Crippen LogP contribution in [0.5, 0.6) is 0 Å². The minimum Gasteiger partial charge on any atom is -0.393 e. The van der Waals surface area contributed by atoms with Crippen molar-refractivity contribution in [2.75, 3.05) is 26.2 Å². The highest BCUT2D eigenvalue weighted by atomic mass is 19.1. The van der Waals surface area contributed by atoms with Gasteiger partial charge in [0.25, 0.3) is 5.91 Å². The third-order valence-corrected chi connectivity index (χ3v) is 4.60. The van der Waals surface area contributed by atoms with E-state index in [4.69, 9.17) is 5.11 Å². The number of hydrogen-bond acceptors (Lipinski definition) is 3. The molecule has 1 aliphatic heterocycles. The van der Waals surface area contributed by atoms with Crippen LogP contribution in [0.4, 0.5) is 4.39 Å². The monoisotopic (exact) mass is 322 g/mol. The zero-order chi connectivity index (χ0) is 17.0. The zero-order valence-electron chi connectivity index (χ0n) is 14.3. The van der Waals surface area contributed by atoms with Crippen molar-refractivity contribution in [1.29, 1.82) is 0 Å². The molecule has 0 aromatic heterocycles. The molecule has 1 heterocycles. The van der Waals surface area contributed by atoms with Crippen LogP contribution in [0.15, 0.2) is 24.3 Å². The number of alkyl halides is 1. The summed E-state index contributed by atoms with van der Waals surface area (Å²) >= 11 is 0. The van der Waals surface area contributed by atoms with Crippen LogP contribution < -0.4 is 0 Å². The number of amides is 1. The minimum absolute atomic E-state index is 0.0267. The number of nitrogens with zero attached hydrogens (tertiary/aromatic N) is 2. The van der Waals surface area contributed by atoms with Crippen LogP contribution in [0.2, 0.25) is 0 Å². The molecule has 1 saturated heterocycles. The summed E-state index contributed by atoms with van der Waals surface area (Å²) in [6.45, 7) is 8.09. The van der Waals surface area contributed by atoms with E-state index in [0.29, 0.717) is 18.2 Å². The fourth-order valence-electron chi connectivity index (χ4n) is 2.97. The Balaban J connectivity index is 2.01. The van der Waals surface area contributed by atoms with Gasteiger partial charge in [-0.3, -0.25) is 9.69 Å². The van der Waals surface area contributed by atoms with Gasteiger partial charge in [0.1, 0.15) is 0 Å². The molecular weight excluding hydrogens is 295 g/mol. The van der Waals surface area contributed by atoms with Gasteiger partial charge in [0.15, 0.2) is 5.67 Å². The average molecular weight is 322 g/mol. The molecule has 128 valence electrons. The van der Waals surface area contributed by atoms with Crippen molar-refractivity contribution in [3.05, 3.63) is 35.4 Å². The normalized spacial score (nSPS) is 21.4. The fourth-order valence-corrected chi connectivity index (χ4v) is 2.97. The summed E-state index contributed by atoms with van der Waals surface area (Å²) in [5.74, 6) is -0.166. The van der Waals surface area contributed by atoms with Crippen LogP contribution in [-0.2, 0) is 6.54 Å². The van der Waals surface area contributed by atoms with E-state index in [-0.39, 0.29) is 18.9 Å². The van der Waals surface area contributed by atoms with E-state index < -0.39 is 12.3 Å². The molecule has 1 fully saturated rings. The lowest BCUT2D eigenvalue weighted by molar-refractivity contribution is 0.0631. The van der Waals surface area contributed by atoms with Crippen LogP contribution >= 0.6 is 0 Å². The molecule has 4 nitrogen and oxygen atoms in total. The lowest BCUT2D eigenvalue weighted by Crippen LogP contribution is -2.35. The van der Waals surface area contributed by atoms with Crippen LogP contribution in [0.1, 0.15) is 43.1 Å². The van der Waals surface area contributed by atoms with Crippen molar-refractivity contribution in [2.45, 2.75) is 45.4 Å². The Morgan fingerprint density at radius 1 is 1.39 bits per heavy atom. The molecule has 0 radical (unpaired) electrons. The van der Waals surface area contributed by atoms with Gasteiger partial charge in [-0.15, -0.1) is 0 Å². The molecule has 1 atom stereocenters. The minimum atomic E-state index is -1.64. The van der Waals surface area contributed by atoms with Crippen LogP contribution in [0.3, 0.4) is 0 Å². The summed E-state index contributed by atoms with van der Waals surface area (Å²) in [4.78, 5) is 16.2. The molecular formula is C18H27FN2O2. The zero-order valence-corrected chi connectivity index (χ0v) is 14.3. The maximum Gasteiger partial charge on any atom is 0.253 e. The highest BCUT2D eigenvalue weighted by Crippen LogP contribution is 2.26. The number of carbonyl (C=O) groups excluding carboxylic acids is 1. The predicted octanol–water partition coefficient (Wildman–Crippen LogP) is 2.46. The van der Waals surface area contributed by atoms with Crippen LogP contribution in [-0.4, -0.2) is 58.8 Å². The summed E-state index contributed by atoms with van der Waals surface area (Å²) in [5.41, 5.74) is 0.0892. The topological polar surface area (TPSA) is 43.8 Å². The highest BCUT2D eigenvalue weighted by molar-refractivity contribution is 5.94. The largest absolute Gasteiger partial charge is 0.393 e. The van der Waals surface area contributed by atoms with Gasteiger partial charge in [-0.2, -0.15) is 0 Å². The first-order valence-electron chi connectivity index (χ1n) is 8.30. The number of aliphatic hydroxyl groups excluding tert-OH is 1.